The summed E-state index contributed by atoms with van der Waals surface area (Å²) in [7, 11) is -9.38. The fourth-order valence-electron chi connectivity index (χ4n) is 2.61. The van der Waals surface area contributed by atoms with Crippen LogP contribution in [0.5, 0.6) is 0 Å². The predicted molar refractivity (Wildman–Crippen MR) is 141 cm³/mol. The van der Waals surface area contributed by atoms with Gasteiger partial charge in [-0.05, 0) is 90.7 Å². The molecule has 0 heterocycles. The van der Waals surface area contributed by atoms with Crippen molar-refractivity contribution in [2.75, 3.05) is 0 Å². The van der Waals surface area contributed by atoms with Crippen LogP contribution in [0.3, 0.4) is 0 Å². The van der Waals surface area contributed by atoms with E-state index < -0.39 is 57.1 Å². The second kappa shape index (κ2) is 10.3. The highest BCUT2D eigenvalue weighted by atomic mass is 28.4. The summed E-state index contributed by atoms with van der Waals surface area (Å²) >= 11 is 0. The third kappa shape index (κ3) is 10.1. The third-order valence-electron chi connectivity index (χ3n) is 3.63. The lowest BCUT2D eigenvalue weighted by atomic mass is 9.98. The predicted octanol–water partition coefficient (Wildman–Crippen LogP) is 5.65. The molecule has 12 heteroatoms. The molecule has 0 radical (unpaired) electrons. The fraction of sp³-hybridized carbons (Fsp3) is 0.545. The number of hydrogen-bond donors (Lipinski definition) is 0. The molecule has 0 unspecified atom stereocenters. The quantitative estimate of drug-likeness (QED) is 0.388. The molecule has 1 rings (SSSR count). The van der Waals surface area contributed by atoms with Gasteiger partial charge >= 0.3 is 23.9 Å². The van der Waals surface area contributed by atoms with Crippen LogP contribution in [0.2, 0.25) is 78.6 Å². The Morgan fingerprint density at radius 1 is 0.412 bits per heavy atom. The Morgan fingerprint density at radius 3 is 0.676 bits per heavy atom. The molecule has 0 amide bonds. The first-order valence-electron chi connectivity index (χ1n) is 11.1. The van der Waals surface area contributed by atoms with Gasteiger partial charge < -0.3 is 17.7 Å². The molecule has 0 N–H and O–H groups in total. The first-order chi connectivity index (χ1) is 15.0. The van der Waals surface area contributed by atoms with Crippen LogP contribution in [0, 0.1) is 0 Å². The molecular weight excluding hydrogens is 505 g/mol. The summed E-state index contributed by atoms with van der Waals surface area (Å²) in [5.74, 6) is -3.02. The molecule has 0 aliphatic carbocycles. The van der Waals surface area contributed by atoms with E-state index in [1.165, 1.54) is 12.1 Å². The van der Waals surface area contributed by atoms with E-state index in [9.17, 15) is 19.2 Å². The van der Waals surface area contributed by atoms with E-state index >= 15 is 0 Å². The van der Waals surface area contributed by atoms with E-state index in [2.05, 4.69) is 0 Å². The summed E-state index contributed by atoms with van der Waals surface area (Å²) in [6.07, 6.45) is 0. The first-order valence-corrected chi connectivity index (χ1v) is 24.7. The van der Waals surface area contributed by atoms with Crippen molar-refractivity contribution in [2.45, 2.75) is 78.6 Å². The van der Waals surface area contributed by atoms with Crippen molar-refractivity contribution < 1.29 is 36.9 Å². The maximum Gasteiger partial charge on any atom is 0.325 e. The van der Waals surface area contributed by atoms with Crippen molar-refractivity contribution in [1.29, 1.82) is 0 Å². The highest BCUT2D eigenvalue weighted by Gasteiger charge is 2.34. The van der Waals surface area contributed by atoms with E-state index in [-0.39, 0.29) is 22.3 Å². The van der Waals surface area contributed by atoms with Gasteiger partial charge in [0, 0.05) is 0 Å². The number of carbonyl (C=O) groups excluding carboxylic acids is 4. The van der Waals surface area contributed by atoms with Crippen molar-refractivity contribution in [3.63, 3.8) is 0 Å². The van der Waals surface area contributed by atoms with Crippen molar-refractivity contribution in [2.24, 2.45) is 0 Å². The van der Waals surface area contributed by atoms with Crippen LogP contribution in [0.4, 0.5) is 0 Å². The summed E-state index contributed by atoms with van der Waals surface area (Å²) < 4.78 is 22.4. The zero-order chi connectivity index (χ0) is 26.9. The Morgan fingerprint density at radius 2 is 0.559 bits per heavy atom. The van der Waals surface area contributed by atoms with Crippen LogP contribution < -0.4 is 0 Å². The van der Waals surface area contributed by atoms with Crippen LogP contribution in [0.1, 0.15) is 41.4 Å². The fourth-order valence-corrected chi connectivity index (χ4v) is 5.27. The van der Waals surface area contributed by atoms with Crippen LogP contribution >= 0.6 is 0 Å². The minimum absolute atomic E-state index is 0.141. The molecule has 0 atom stereocenters. The zero-order valence-electron chi connectivity index (χ0n) is 22.4. The van der Waals surface area contributed by atoms with Crippen LogP contribution in [-0.4, -0.2) is 57.1 Å². The molecule has 0 fully saturated rings. The number of hydrogen-bond acceptors (Lipinski definition) is 8. The third-order valence-corrected chi connectivity index (χ3v) is 6.82. The lowest BCUT2D eigenvalue weighted by molar-refractivity contribution is 0.0666. The van der Waals surface area contributed by atoms with Gasteiger partial charge in [0.1, 0.15) is 0 Å². The Kier molecular flexibility index (Phi) is 9.09. The standard InChI is InChI=1S/C22H38O8Si4/c1-31(2,3)27-19(23)15-13-17(21(25)29-33(7,8)9)18(22(26)30-34(10,11)12)14-16(15)20(24)28-32(4,5)6/h13-14H,1-12H3. The van der Waals surface area contributed by atoms with Gasteiger partial charge in [0.25, 0.3) is 0 Å². The molecule has 0 aliphatic rings. The maximum absolute atomic E-state index is 13.1. The monoisotopic (exact) mass is 542 g/mol. The molecule has 0 aliphatic heterocycles. The van der Waals surface area contributed by atoms with Gasteiger partial charge in [-0.1, -0.05) is 0 Å². The zero-order valence-corrected chi connectivity index (χ0v) is 26.4. The van der Waals surface area contributed by atoms with Gasteiger partial charge in [0.15, 0.2) is 0 Å². The van der Waals surface area contributed by atoms with Gasteiger partial charge in [-0.3, -0.25) is 0 Å². The number of rotatable bonds is 8. The van der Waals surface area contributed by atoms with Gasteiger partial charge in [0.05, 0.1) is 22.3 Å². The maximum atomic E-state index is 13.1. The van der Waals surface area contributed by atoms with Gasteiger partial charge in [-0.25, -0.2) is 19.2 Å². The SMILES string of the molecule is C[Si](C)(C)OC(=O)c1cc(C(=O)O[Si](C)(C)C)c(C(=O)O[Si](C)(C)C)cc1C(=O)O[Si](C)(C)C. The Labute approximate surface area is 206 Å². The van der Waals surface area contributed by atoms with Crippen LogP contribution in [0.25, 0.3) is 0 Å². The van der Waals surface area contributed by atoms with Crippen molar-refractivity contribution >= 4 is 57.1 Å². The second-order valence-corrected chi connectivity index (χ2v) is 29.7. The number of carbonyl (C=O) groups is 4. The minimum atomic E-state index is -2.35. The van der Waals surface area contributed by atoms with E-state index in [0.717, 1.165) is 0 Å². The summed E-state index contributed by atoms with van der Waals surface area (Å²) in [4.78, 5) is 52.3. The molecule has 0 saturated carbocycles. The summed E-state index contributed by atoms with van der Waals surface area (Å²) in [6.45, 7) is 21.9. The molecule has 8 nitrogen and oxygen atoms in total. The largest absolute Gasteiger partial charge is 0.516 e. The molecule has 0 saturated heterocycles. The Bertz CT molecular complexity index is 823. The highest BCUT2D eigenvalue weighted by molar-refractivity contribution is 6.73. The summed E-state index contributed by atoms with van der Waals surface area (Å²) in [5, 5.41) is 0. The Hall–Kier alpha value is -2.03. The second-order valence-electron chi connectivity index (χ2n) is 12.0. The van der Waals surface area contributed by atoms with E-state index in [1.807, 2.05) is 78.6 Å². The van der Waals surface area contributed by atoms with Crippen molar-refractivity contribution in [3.05, 3.63) is 34.4 Å². The summed E-state index contributed by atoms with van der Waals surface area (Å²) in [5.41, 5.74) is -0.564. The topological polar surface area (TPSA) is 105 Å². The molecular formula is C22H38O8Si4. The van der Waals surface area contributed by atoms with E-state index in [1.54, 1.807) is 0 Å². The minimum Gasteiger partial charge on any atom is -0.516 e. The molecule has 34 heavy (non-hydrogen) atoms. The average molecular weight is 543 g/mol. The lowest BCUT2D eigenvalue weighted by Crippen LogP contribution is -2.34. The first kappa shape index (κ1) is 30.0. The molecule has 1 aromatic rings. The number of benzene rings is 1. The molecule has 190 valence electrons. The van der Waals surface area contributed by atoms with Gasteiger partial charge in [-0.15, -0.1) is 0 Å². The van der Waals surface area contributed by atoms with Crippen LogP contribution in [0.15, 0.2) is 12.1 Å². The van der Waals surface area contributed by atoms with Crippen LogP contribution in [-0.2, 0) is 17.7 Å². The Balaban J connectivity index is 3.87. The molecule has 0 aromatic heterocycles. The lowest BCUT2D eigenvalue weighted by Gasteiger charge is -2.24. The van der Waals surface area contributed by atoms with E-state index in [4.69, 9.17) is 17.7 Å². The summed E-state index contributed by atoms with van der Waals surface area (Å²) in [6, 6.07) is 2.40. The highest BCUT2D eigenvalue weighted by Crippen LogP contribution is 2.25. The van der Waals surface area contributed by atoms with Crippen molar-refractivity contribution in [1.82, 2.24) is 0 Å². The molecule has 0 spiro atoms. The van der Waals surface area contributed by atoms with E-state index in [0.29, 0.717) is 0 Å². The molecule has 1 aromatic carbocycles. The van der Waals surface area contributed by atoms with Gasteiger partial charge in [0.2, 0.25) is 33.3 Å². The average Bonchev–Trinajstić information content (AvgIpc) is 2.54. The smallest absolute Gasteiger partial charge is 0.325 e. The molecule has 0 bridgehead atoms. The van der Waals surface area contributed by atoms with Gasteiger partial charge in [-0.2, -0.15) is 0 Å². The normalized spacial score (nSPS) is 12.6. The van der Waals surface area contributed by atoms with Crippen molar-refractivity contribution in [3.8, 4) is 0 Å².